The van der Waals surface area contributed by atoms with E-state index in [0.29, 0.717) is 17.8 Å². The molecule has 0 heterocycles. The summed E-state index contributed by atoms with van der Waals surface area (Å²) in [6, 6.07) is 4.02. The van der Waals surface area contributed by atoms with Gasteiger partial charge >= 0.3 is 0 Å². The minimum Gasteiger partial charge on any atom is -0.369 e. The summed E-state index contributed by atoms with van der Waals surface area (Å²) in [5, 5.41) is 0. The highest BCUT2D eigenvalue weighted by molar-refractivity contribution is 5.60. The Morgan fingerprint density at radius 1 is 1.42 bits per heavy atom. The van der Waals surface area contributed by atoms with Crippen molar-refractivity contribution in [1.29, 1.82) is 0 Å². The molecule has 0 radical (unpaired) electrons. The lowest BCUT2D eigenvalue weighted by Crippen LogP contribution is -2.06. The van der Waals surface area contributed by atoms with Crippen LogP contribution < -0.4 is 0 Å². The normalized spacial score (nSPS) is 12.9. The van der Waals surface area contributed by atoms with Gasteiger partial charge in [-0.1, -0.05) is 17.7 Å². The monoisotopic (exact) mass is 164 g/mol. The first-order chi connectivity index (χ1) is 6.50. The highest BCUT2D eigenvalue weighted by atomic mass is 15.1. The van der Waals surface area contributed by atoms with Gasteiger partial charge in [0, 0.05) is 14.1 Å². The molecule has 0 saturated heterocycles. The molecule has 0 amide bonds. The van der Waals surface area contributed by atoms with E-state index in [1.54, 1.807) is 23.4 Å². The van der Waals surface area contributed by atoms with Crippen molar-refractivity contribution in [2.24, 2.45) is 4.99 Å². The van der Waals surface area contributed by atoms with Gasteiger partial charge in [0.1, 0.15) is 0 Å². The van der Waals surface area contributed by atoms with Gasteiger partial charge in [0.2, 0.25) is 0 Å². The molecule has 1 aromatic carbocycles. The third-order valence-electron chi connectivity index (χ3n) is 1.29. The van der Waals surface area contributed by atoms with Gasteiger partial charge in [-0.05, 0) is 19.0 Å². The van der Waals surface area contributed by atoms with E-state index in [2.05, 4.69) is 4.99 Å². The molecule has 0 N–H and O–H groups in total. The van der Waals surface area contributed by atoms with E-state index in [0.717, 1.165) is 5.56 Å². The predicted molar refractivity (Wildman–Crippen MR) is 53.0 cm³/mol. The van der Waals surface area contributed by atoms with E-state index in [4.69, 9.17) is 2.74 Å². The van der Waals surface area contributed by atoms with E-state index in [1.165, 1.54) is 0 Å². The fourth-order valence-corrected chi connectivity index (χ4v) is 0.695. The molecule has 0 unspecified atom stereocenters. The maximum absolute atomic E-state index is 7.64. The number of benzene rings is 1. The lowest BCUT2D eigenvalue weighted by Gasteiger charge is -2.01. The average Bonchev–Trinajstić information content (AvgIpc) is 2.01. The summed E-state index contributed by atoms with van der Waals surface area (Å²) in [5.74, 6) is 0. The van der Waals surface area contributed by atoms with Crippen LogP contribution in [0.2, 0.25) is 0 Å². The molecule has 0 atom stereocenters. The standard InChI is InChI=1S/C10H14N2/c1-9-4-6-10(7-5-9)11-8-12(2)3/h4-8H,1-3H3/i6D,7D. The number of hydrogen-bond acceptors (Lipinski definition) is 1. The molecule has 0 fully saturated rings. The van der Waals surface area contributed by atoms with Gasteiger partial charge in [-0.15, -0.1) is 0 Å². The first kappa shape index (κ1) is 6.23. The van der Waals surface area contributed by atoms with Crippen LogP contribution in [-0.2, 0) is 0 Å². The van der Waals surface area contributed by atoms with Gasteiger partial charge in [-0.25, -0.2) is 4.99 Å². The Hall–Kier alpha value is -1.31. The molecule has 0 aliphatic rings. The molecule has 0 bridgehead atoms. The molecule has 0 aliphatic carbocycles. The number of nitrogens with zero attached hydrogens (tertiary/aromatic N) is 2. The van der Waals surface area contributed by atoms with Gasteiger partial charge in [-0.2, -0.15) is 0 Å². The molecule has 0 aliphatic heterocycles. The fraction of sp³-hybridized carbons (Fsp3) is 0.300. The number of rotatable bonds is 2. The minimum absolute atomic E-state index is 0.299. The van der Waals surface area contributed by atoms with Gasteiger partial charge in [-0.3, -0.25) is 0 Å². The highest BCUT2D eigenvalue weighted by Gasteiger charge is 1.86. The van der Waals surface area contributed by atoms with Crippen LogP contribution in [0.4, 0.5) is 5.69 Å². The number of aliphatic imine (C=N–C) groups is 1. The Balaban J connectivity index is 3.09. The smallest absolute Gasteiger partial charge is 0.0907 e. The van der Waals surface area contributed by atoms with Crippen molar-refractivity contribution < 1.29 is 2.74 Å². The van der Waals surface area contributed by atoms with Gasteiger partial charge < -0.3 is 4.90 Å². The summed E-state index contributed by atoms with van der Waals surface area (Å²) in [5.41, 5.74) is 1.34. The van der Waals surface area contributed by atoms with Crippen molar-refractivity contribution in [3.05, 3.63) is 29.8 Å². The maximum Gasteiger partial charge on any atom is 0.0907 e. The molecule has 64 valence electrons. The Bertz CT molecular complexity index is 336. The first-order valence-electron chi connectivity index (χ1n) is 4.79. The van der Waals surface area contributed by atoms with Crippen molar-refractivity contribution in [2.45, 2.75) is 6.92 Å². The van der Waals surface area contributed by atoms with Crippen LogP contribution in [0.25, 0.3) is 0 Å². The largest absolute Gasteiger partial charge is 0.369 e. The van der Waals surface area contributed by atoms with E-state index in [9.17, 15) is 0 Å². The third kappa shape index (κ3) is 2.74. The Morgan fingerprint density at radius 2 is 2.00 bits per heavy atom. The molecule has 0 saturated carbocycles. The van der Waals surface area contributed by atoms with Crippen molar-refractivity contribution in [1.82, 2.24) is 4.90 Å². The Morgan fingerprint density at radius 3 is 2.50 bits per heavy atom. The van der Waals surface area contributed by atoms with E-state index in [1.807, 2.05) is 21.0 Å². The molecule has 1 aromatic rings. The van der Waals surface area contributed by atoms with Crippen molar-refractivity contribution in [2.75, 3.05) is 14.1 Å². The zero-order chi connectivity index (χ0) is 10.7. The molecule has 12 heavy (non-hydrogen) atoms. The van der Waals surface area contributed by atoms with E-state index in [-0.39, 0.29) is 0 Å². The SMILES string of the molecule is [2H]c1cc(C)cc([2H])c1N=CN(C)C. The van der Waals surface area contributed by atoms with Crippen LogP contribution in [-0.4, -0.2) is 25.3 Å². The topological polar surface area (TPSA) is 15.6 Å². The zero-order valence-corrected chi connectivity index (χ0v) is 7.63. The lowest BCUT2D eigenvalue weighted by atomic mass is 10.2. The fourth-order valence-electron chi connectivity index (χ4n) is 0.695. The zero-order valence-electron chi connectivity index (χ0n) is 9.63. The second-order valence-electron chi connectivity index (χ2n) is 2.88. The van der Waals surface area contributed by atoms with Crippen LogP contribution in [0.15, 0.2) is 29.2 Å². The maximum atomic E-state index is 7.64. The molecule has 2 heteroatoms. The Labute approximate surface area is 76.4 Å². The molecule has 0 aromatic heterocycles. The van der Waals surface area contributed by atoms with Gasteiger partial charge in [0.25, 0.3) is 0 Å². The molecule has 2 nitrogen and oxygen atoms in total. The first-order valence-corrected chi connectivity index (χ1v) is 3.79. The number of hydrogen-bond donors (Lipinski definition) is 0. The summed E-state index contributed by atoms with van der Waals surface area (Å²) in [4.78, 5) is 5.85. The third-order valence-corrected chi connectivity index (χ3v) is 1.29. The molecule has 0 spiro atoms. The average molecular weight is 164 g/mol. The van der Waals surface area contributed by atoms with Crippen LogP contribution in [0.1, 0.15) is 8.30 Å². The minimum atomic E-state index is 0.299. The summed E-state index contributed by atoms with van der Waals surface area (Å²) >= 11 is 0. The van der Waals surface area contributed by atoms with E-state index >= 15 is 0 Å². The van der Waals surface area contributed by atoms with Gasteiger partial charge in [0.05, 0.1) is 14.8 Å². The lowest BCUT2D eigenvalue weighted by molar-refractivity contribution is 0.643. The second-order valence-corrected chi connectivity index (χ2v) is 2.88. The summed E-state index contributed by atoms with van der Waals surface area (Å²) in [6.45, 7) is 1.87. The highest BCUT2D eigenvalue weighted by Crippen LogP contribution is 2.11. The van der Waals surface area contributed by atoms with Crippen LogP contribution in [0.3, 0.4) is 0 Å². The van der Waals surface area contributed by atoms with Crippen molar-refractivity contribution in [3.63, 3.8) is 0 Å². The van der Waals surface area contributed by atoms with Gasteiger partial charge in [0.15, 0.2) is 0 Å². The number of aryl methyl sites for hydroxylation is 1. The molecular formula is C10H14N2. The summed E-state index contributed by atoms with van der Waals surface area (Å²) in [7, 11) is 3.70. The second kappa shape index (κ2) is 3.90. The van der Waals surface area contributed by atoms with Crippen LogP contribution in [0, 0.1) is 6.92 Å². The van der Waals surface area contributed by atoms with E-state index < -0.39 is 0 Å². The van der Waals surface area contributed by atoms with Crippen molar-refractivity contribution in [3.8, 4) is 0 Å². The quantitative estimate of drug-likeness (QED) is 0.483. The summed E-state index contributed by atoms with van der Waals surface area (Å²) < 4.78 is 15.3. The Kier molecular flexibility index (Phi) is 2.03. The predicted octanol–water partition coefficient (Wildman–Crippen LogP) is 2.22. The molecule has 1 rings (SSSR count). The van der Waals surface area contributed by atoms with Crippen LogP contribution in [0.5, 0.6) is 0 Å². The van der Waals surface area contributed by atoms with Crippen molar-refractivity contribution >= 4 is 12.0 Å². The summed E-state index contributed by atoms with van der Waals surface area (Å²) in [6.07, 6.45) is 1.60. The van der Waals surface area contributed by atoms with Crippen LogP contribution >= 0.6 is 0 Å². The molecular weight excluding hydrogens is 148 g/mol.